The number of primary amides is 1. The summed E-state index contributed by atoms with van der Waals surface area (Å²) in [5.41, 5.74) is 6.87. The summed E-state index contributed by atoms with van der Waals surface area (Å²) < 4.78 is 0. The number of fused-ring (bicyclic) bond motifs is 1. The van der Waals surface area contributed by atoms with Crippen LogP contribution in [-0.2, 0) is 22.4 Å². The van der Waals surface area contributed by atoms with Crippen LogP contribution in [0, 0.1) is 17.8 Å². The highest BCUT2D eigenvalue weighted by Crippen LogP contribution is 2.40. The summed E-state index contributed by atoms with van der Waals surface area (Å²) in [7, 11) is 0. The van der Waals surface area contributed by atoms with Crippen molar-refractivity contribution in [1.82, 2.24) is 0 Å². The Labute approximate surface area is 150 Å². The molecule has 134 valence electrons. The highest BCUT2D eigenvalue weighted by molar-refractivity contribution is 7.17. The number of hydrogen-bond acceptors (Lipinski definition) is 5. The molecule has 7 heteroatoms. The second-order valence-electron chi connectivity index (χ2n) is 6.88. The molecule has 0 saturated heterocycles. The number of aliphatic carboxylic acids is 1. The molecular weight excluding hydrogens is 340 g/mol. The number of carbonyl (C=O) groups excluding carboxylic acids is 3. The maximum Gasteiger partial charge on any atom is 0.251 e. The summed E-state index contributed by atoms with van der Waals surface area (Å²) in [5, 5.41) is 14.5. The molecule has 2 aliphatic rings. The maximum absolute atomic E-state index is 12.7. The lowest BCUT2D eigenvalue weighted by Gasteiger charge is -2.28. The van der Waals surface area contributed by atoms with E-state index in [9.17, 15) is 19.5 Å². The molecule has 0 aromatic carbocycles. The van der Waals surface area contributed by atoms with Gasteiger partial charge in [0.15, 0.2) is 0 Å². The van der Waals surface area contributed by atoms with Gasteiger partial charge in [-0.15, -0.1) is 11.3 Å². The van der Waals surface area contributed by atoms with Gasteiger partial charge >= 0.3 is 0 Å². The Bertz CT molecular complexity index is 753. The lowest BCUT2D eigenvalue weighted by Crippen LogP contribution is -2.41. The molecule has 0 unspecified atom stereocenters. The van der Waals surface area contributed by atoms with Crippen LogP contribution in [0.25, 0.3) is 0 Å². The number of anilines is 1. The van der Waals surface area contributed by atoms with E-state index < -0.39 is 29.6 Å². The molecular formula is C18H21N2O4S-. The minimum absolute atomic E-state index is 0.279. The summed E-state index contributed by atoms with van der Waals surface area (Å²) >= 11 is 1.38. The molecule has 1 aromatic heterocycles. The van der Waals surface area contributed by atoms with Crippen molar-refractivity contribution in [2.75, 3.05) is 5.32 Å². The van der Waals surface area contributed by atoms with Crippen molar-refractivity contribution >= 4 is 34.1 Å². The van der Waals surface area contributed by atoms with E-state index in [1.54, 1.807) is 12.2 Å². The summed E-state index contributed by atoms with van der Waals surface area (Å²) in [6.45, 7) is 2.16. The van der Waals surface area contributed by atoms with Crippen LogP contribution in [0.4, 0.5) is 5.00 Å². The molecule has 6 nitrogen and oxygen atoms in total. The van der Waals surface area contributed by atoms with E-state index in [1.807, 2.05) is 0 Å². The minimum atomic E-state index is -1.22. The lowest BCUT2D eigenvalue weighted by atomic mass is 9.82. The Morgan fingerprint density at radius 1 is 1.24 bits per heavy atom. The molecule has 1 heterocycles. The van der Waals surface area contributed by atoms with E-state index in [1.165, 1.54) is 11.3 Å². The van der Waals surface area contributed by atoms with E-state index >= 15 is 0 Å². The van der Waals surface area contributed by atoms with E-state index in [0.29, 0.717) is 22.9 Å². The Balaban J connectivity index is 1.87. The van der Waals surface area contributed by atoms with Gasteiger partial charge in [0.2, 0.25) is 5.91 Å². The predicted molar refractivity (Wildman–Crippen MR) is 93.0 cm³/mol. The zero-order valence-corrected chi connectivity index (χ0v) is 14.9. The van der Waals surface area contributed by atoms with E-state index in [2.05, 4.69) is 12.2 Å². The Kier molecular flexibility index (Phi) is 4.94. The molecule has 0 fully saturated rings. The number of rotatable bonds is 4. The zero-order valence-electron chi connectivity index (χ0n) is 14.0. The molecule has 0 radical (unpaired) electrons. The first-order valence-corrected chi connectivity index (χ1v) is 9.31. The van der Waals surface area contributed by atoms with E-state index in [4.69, 9.17) is 5.73 Å². The summed E-state index contributed by atoms with van der Waals surface area (Å²) in [6.07, 6.45) is 6.81. The molecule has 25 heavy (non-hydrogen) atoms. The zero-order chi connectivity index (χ0) is 18.1. The minimum Gasteiger partial charge on any atom is -0.550 e. The third-order valence-corrected chi connectivity index (χ3v) is 6.24. The first-order valence-electron chi connectivity index (χ1n) is 8.49. The van der Waals surface area contributed by atoms with Gasteiger partial charge in [-0.2, -0.15) is 0 Å². The standard InChI is InChI=1S/C18H22N2O4S/c1-9-6-7-12-13(8-9)25-17(14(12)15(19)21)20-16(22)10-4-2-3-5-11(10)18(23)24/h2-3,9-11H,4-8H2,1H3,(H2,19,21)(H,20,22)(H,23,24)/p-1/t9-,10-,11+/m1/s1. The lowest BCUT2D eigenvalue weighted by molar-refractivity contribution is -0.313. The molecule has 0 bridgehead atoms. The fraction of sp³-hybridized carbons (Fsp3) is 0.500. The average Bonchev–Trinajstić information content (AvgIpc) is 2.91. The van der Waals surface area contributed by atoms with Gasteiger partial charge in [0.1, 0.15) is 5.00 Å². The van der Waals surface area contributed by atoms with Crippen LogP contribution < -0.4 is 16.2 Å². The number of nitrogens with one attached hydrogen (secondary N) is 1. The van der Waals surface area contributed by atoms with Crippen molar-refractivity contribution in [3.63, 3.8) is 0 Å². The van der Waals surface area contributed by atoms with Crippen LogP contribution in [-0.4, -0.2) is 17.8 Å². The van der Waals surface area contributed by atoms with Crippen molar-refractivity contribution < 1.29 is 19.5 Å². The van der Waals surface area contributed by atoms with Crippen LogP contribution in [0.15, 0.2) is 12.2 Å². The SMILES string of the molecule is C[C@@H]1CCc2c(sc(NC(=O)[C@@H]3CC=CC[C@@H]3C(=O)[O-])c2C(N)=O)C1. The number of carboxylic acids is 1. The van der Waals surface area contributed by atoms with Gasteiger partial charge in [0.05, 0.1) is 11.5 Å². The maximum atomic E-state index is 12.7. The van der Waals surface area contributed by atoms with Gasteiger partial charge in [-0.25, -0.2) is 0 Å². The smallest absolute Gasteiger partial charge is 0.251 e. The van der Waals surface area contributed by atoms with Gasteiger partial charge in [0.25, 0.3) is 5.91 Å². The van der Waals surface area contributed by atoms with Gasteiger partial charge in [-0.3, -0.25) is 9.59 Å². The van der Waals surface area contributed by atoms with Crippen LogP contribution >= 0.6 is 11.3 Å². The summed E-state index contributed by atoms with van der Waals surface area (Å²) in [5.74, 6) is -3.19. The van der Waals surface area contributed by atoms with E-state index in [0.717, 1.165) is 29.7 Å². The van der Waals surface area contributed by atoms with Crippen molar-refractivity contribution in [3.8, 4) is 0 Å². The predicted octanol–water partition coefficient (Wildman–Crippen LogP) is 1.24. The van der Waals surface area contributed by atoms with E-state index in [-0.39, 0.29) is 6.42 Å². The van der Waals surface area contributed by atoms with Crippen molar-refractivity contribution in [1.29, 1.82) is 0 Å². The average molecular weight is 361 g/mol. The van der Waals surface area contributed by atoms with Gasteiger partial charge < -0.3 is 21.0 Å². The number of carboxylic acid groups (broad SMARTS) is 1. The molecule has 0 saturated carbocycles. The Morgan fingerprint density at radius 3 is 2.56 bits per heavy atom. The highest BCUT2D eigenvalue weighted by atomic mass is 32.1. The number of hydrogen-bond donors (Lipinski definition) is 2. The third kappa shape index (κ3) is 3.46. The second kappa shape index (κ2) is 7.00. The third-order valence-electron chi connectivity index (χ3n) is 5.07. The van der Waals surface area contributed by atoms with Crippen LogP contribution in [0.2, 0.25) is 0 Å². The number of thiophene rings is 1. The van der Waals surface area contributed by atoms with Gasteiger partial charge in [0, 0.05) is 16.8 Å². The number of carbonyl (C=O) groups is 3. The summed E-state index contributed by atoms with van der Waals surface area (Å²) in [6, 6.07) is 0. The number of amides is 2. The molecule has 3 N–H and O–H groups in total. The van der Waals surface area contributed by atoms with Crippen molar-refractivity contribution in [3.05, 3.63) is 28.2 Å². The number of allylic oxidation sites excluding steroid dienone is 2. The first-order chi connectivity index (χ1) is 11.9. The highest BCUT2D eigenvalue weighted by Gasteiger charge is 2.32. The molecule has 2 amide bonds. The Hall–Kier alpha value is -2.15. The molecule has 3 atom stereocenters. The van der Waals surface area contributed by atoms with Gasteiger partial charge in [-0.05, 0) is 43.6 Å². The fourth-order valence-corrected chi connectivity index (χ4v) is 5.09. The van der Waals surface area contributed by atoms with Crippen LogP contribution in [0.1, 0.15) is 47.0 Å². The monoisotopic (exact) mass is 361 g/mol. The number of nitrogens with two attached hydrogens (primary N) is 1. The molecule has 3 rings (SSSR count). The molecule has 2 aliphatic carbocycles. The van der Waals surface area contributed by atoms with Gasteiger partial charge in [-0.1, -0.05) is 19.1 Å². The largest absolute Gasteiger partial charge is 0.550 e. The molecule has 0 aliphatic heterocycles. The van der Waals surface area contributed by atoms with Crippen LogP contribution in [0.5, 0.6) is 0 Å². The molecule has 1 aromatic rings. The molecule has 0 spiro atoms. The quantitative estimate of drug-likeness (QED) is 0.786. The first kappa shape index (κ1) is 17.7. The van der Waals surface area contributed by atoms with Crippen molar-refractivity contribution in [2.45, 2.75) is 39.0 Å². The normalized spacial score (nSPS) is 25.2. The topological polar surface area (TPSA) is 112 Å². The van der Waals surface area contributed by atoms with Crippen LogP contribution in [0.3, 0.4) is 0 Å². The Morgan fingerprint density at radius 2 is 1.92 bits per heavy atom. The second-order valence-corrected chi connectivity index (χ2v) is 7.99. The fourth-order valence-electron chi connectivity index (χ4n) is 3.67. The summed E-state index contributed by atoms with van der Waals surface area (Å²) in [4.78, 5) is 37.0. The van der Waals surface area contributed by atoms with Crippen molar-refractivity contribution in [2.24, 2.45) is 23.5 Å².